The molecule has 1 N–H and O–H groups in total. The molecule has 3 aromatic rings. The van der Waals surface area contributed by atoms with Crippen molar-refractivity contribution in [2.75, 3.05) is 4.72 Å². The molecule has 9 heteroatoms. The van der Waals surface area contributed by atoms with E-state index in [1.165, 1.54) is 0 Å². The highest BCUT2D eigenvalue weighted by atomic mass is 79.9. The van der Waals surface area contributed by atoms with Gasteiger partial charge in [0.1, 0.15) is 16.5 Å². The molecule has 1 aromatic heterocycles. The summed E-state index contributed by atoms with van der Waals surface area (Å²) in [5.41, 5.74) is 0.616. The van der Waals surface area contributed by atoms with Crippen LogP contribution in [0, 0.1) is 11.6 Å². The number of fused-ring (bicyclic) bond motifs is 1. The van der Waals surface area contributed by atoms with Crippen LogP contribution in [-0.4, -0.2) is 13.4 Å². The number of halogens is 3. The largest absolute Gasteiger partial charge is 0.266 e. The van der Waals surface area contributed by atoms with Crippen molar-refractivity contribution in [1.82, 2.24) is 4.98 Å². The first-order valence-corrected chi connectivity index (χ1v) is 8.98. The van der Waals surface area contributed by atoms with Crippen molar-refractivity contribution in [2.24, 2.45) is 0 Å². The number of anilines is 1. The maximum atomic E-state index is 13.6. The van der Waals surface area contributed by atoms with E-state index in [1.807, 2.05) is 0 Å². The van der Waals surface area contributed by atoms with Crippen LogP contribution >= 0.6 is 27.3 Å². The number of nitrogens with zero attached hydrogens (tertiary/aromatic N) is 1. The van der Waals surface area contributed by atoms with E-state index < -0.39 is 26.6 Å². The Hall–Kier alpha value is -1.58. The average Bonchev–Trinajstić information content (AvgIpc) is 2.78. The molecule has 114 valence electrons. The standard InChI is InChI=1S/C13H7BrF2N2O2S2/c14-7-1-3-10-11(5-7)21-13(17-10)18-22(19,20)12-4-2-8(15)6-9(12)16/h1-6H,(H,17,18). The number of rotatable bonds is 3. The monoisotopic (exact) mass is 404 g/mol. The Balaban J connectivity index is 1.99. The Bertz CT molecular complexity index is 973. The topological polar surface area (TPSA) is 59.1 Å². The molecule has 22 heavy (non-hydrogen) atoms. The lowest BCUT2D eigenvalue weighted by molar-refractivity contribution is 0.551. The van der Waals surface area contributed by atoms with Gasteiger partial charge in [-0.2, -0.15) is 0 Å². The van der Waals surface area contributed by atoms with Gasteiger partial charge in [-0.25, -0.2) is 22.2 Å². The van der Waals surface area contributed by atoms with E-state index in [1.54, 1.807) is 18.2 Å². The van der Waals surface area contributed by atoms with E-state index in [0.717, 1.165) is 32.6 Å². The van der Waals surface area contributed by atoms with Crippen LogP contribution in [0.25, 0.3) is 10.2 Å². The predicted molar refractivity (Wildman–Crippen MR) is 84.5 cm³/mol. The Morgan fingerprint density at radius 2 is 1.91 bits per heavy atom. The molecule has 0 unspecified atom stereocenters. The molecule has 0 aliphatic carbocycles. The van der Waals surface area contributed by atoms with Gasteiger partial charge < -0.3 is 0 Å². The maximum absolute atomic E-state index is 13.6. The third-order valence-electron chi connectivity index (χ3n) is 2.76. The van der Waals surface area contributed by atoms with Gasteiger partial charge >= 0.3 is 0 Å². The molecule has 0 radical (unpaired) electrons. The highest BCUT2D eigenvalue weighted by Crippen LogP contribution is 2.30. The SMILES string of the molecule is O=S(=O)(Nc1nc2ccc(Br)cc2s1)c1ccc(F)cc1F. The first-order valence-electron chi connectivity index (χ1n) is 5.89. The van der Waals surface area contributed by atoms with Crippen molar-refractivity contribution >= 4 is 52.6 Å². The normalized spacial score (nSPS) is 11.8. The average molecular weight is 405 g/mol. The Morgan fingerprint density at radius 1 is 1.14 bits per heavy atom. The molecular formula is C13H7BrF2N2O2S2. The number of benzene rings is 2. The number of sulfonamides is 1. The van der Waals surface area contributed by atoms with E-state index in [0.29, 0.717) is 11.6 Å². The maximum Gasteiger partial charge on any atom is 0.266 e. The number of hydrogen-bond donors (Lipinski definition) is 1. The summed E-state index contributed by atoms with van der Waals surface area (Å²) in [6.07, 6.45) is 0. The summed E-state index contributed by atoms with van der Waals surface area (Å²) in [6, 6.07) is 7.57. The summed E-state index contributed by atoms with van der Waals surface area (Å²) in [4.78, 5) is 3.49. The molecule has 2 aromatic carbocycles. The van der Waals surface area contributed by atoms with Crippen molar-refractivity contribution in [1.29, 1.82) is 0 Å². The Kier molecular flexibility index (Phi) is 3.87. The summed E-state index contributed by atoms with van der Waals surface area (Å²) in [5, 5.41) is 0.108. The van der Waals surface area contributed by atoms with Gasteiger partial charge in [-0.05, 0) is 30.3 Å². The van der Waals surface area contributed by atoms with E-state index in [2.05, 4.69) is 25.6 Å². The van der Waals surface area contributed by atoms with Crippen LogP contribution in [0.3, 0.4) is 0 Å². The first-order chi connectivity index (χ1) is 10.3. The van der Waals surface area contributed by atoms with Gasteiger partial charge in [-0.3, -0.25) is 4.72 Å². The zero-order valence-electron chi connectivity index (χ0n) is 10.7. The van der Waals surface area contributed by atoms with Crippen LogP contribution in [0.15, 0.2) is 45.8 Å². The molecule has 0 spiro atoms. The molecular weight excluding hydrogens is 398 g/mol. The minimum absolute atomic E-state index is 0.108. The third kappa shape index (κ3) is 2.96. The fourth-order valence-electron chi connectivity index (χ4n) is 1.81. The highest BCUT2D eigenvalue weighted by Gasteiger charge is 2.21. The molecule has 0 saturated carbocycles. The quantitative estimate of drug-likeness (QED) is 0.713. The fraction of sp³-hybridized carbons (Fsp3) is 0. The minimum Gasteiger partial charge on any atom is -0.255 e. The molecule has 0 aliphatic rings. The van der Waals surface area contributed by atoms with Crippen molar-refractivity contribution in [2.45, 2.75) is 4.90 Å². The zero-order valence-corrected chi connectivity index (χ0v) is 13.9. The first kappa shape index (κ1) is 15.3. The summed E-state index contributed by atoms with van der Waals surface area (Å²) < 4.78 is 54.6. The summed E-state index contributed by atoms with van der Waals surface area (Å²) in [6.45, 7) is 0. The minimum atomic E-state index is -4.17. The second kappa shape index (κ2) is 5.56. The molecule has 1 heterocycles. The van der Waals surface area contributed by atoms with Crippen molar-refractivity contribution in [3.63, 3.8) is 0 Å². The molecule has 0 bridgehead atoms. The summed E-state index contributed by atoms with van der Waals surface area (Å²) in [5.74, 6) is -2.00. The molecule has 0 aliphatic heterocycles. The molecule has 3 rings (SSSR count). The third-order valence-corrected chi connectivity index (χ3v) is 5.68. The van der Waals surface area contributed by atoms with E-state index >= 15 is 0 Å². The lowest BCUT2D eigenvalue weighted by atomic mass is 10.3. The fourth-order valence-corrected chi connectivity index (χ4v) is 4.52. The molecule has 4 nitrogen and oxygen atoms in total. The lowest BCUT2D eigenvalue weighted by Gasteiger charge is -2.05. The number of thiazole rings is 1. The Labute approximate surface area is 137 Å². The van der Waals surface area contributed by atoms with Gasteiger partial charge in [0.2, 0.25) is 0 Å². The molecule has 0 amide bonds. The van der Waals surface area contributed by atoms with Gasteiger partial charge in [0.15, 0.2) is 5.13 Å². The smallest absolute Gasteiger partial charge is 0.255 e. The second-order valence-electron chi connectivity index (χ2n) is 4.31. The van der Waals surface area contributed by atoms with Crippen LogP contribution in [0.2, 0.25) is 0 Å². The second-order valence-corrected chi connectivity index (χ2v) is 7.91. The van der Waals surface area contributed by atoms with Crippen LogP contribution in [0.1, 0.15) is 0 Å². The van der Waals surface area contributed by atoms with Gasteiger partial charge in [-0.1, -0.05) is 27.3 Å². The lowest BCUT2D eigenvalue weighted by Crippen LogP contribution is -2.14. The van der Waals surface area contributed by atoms with Crippen LogP contribution in [0.4, 0.5) is 13.9 Å². The van der Waals surface area contributed by atoms with Crippen molar-refractivity contribution < 1.29 is 17.2 Å². The highest BCUT2D eigenvalue weighted by molar-refractivity contribution is 9.10. The zero-order chi connectivity index (χ0) is 15.9. The van der Waals surface area contributed by atoms with Gasteiger partial charge in [0.05, 0.1) is 10.2 Å². The molecule has 0 fully saturated rings. The summed E-state index contributed by atoms with van der Waals surface area (Å²) in [7, 11) is -4.17. The number of aromatic nitrogens is 1. The van der Waals surface area contributed by atoms with Crippen molar-refractivity contribution in [3.8, 4) is 0 Å². The van der Waals surface area contributed by atoms with Crippen molar-refractivity contribution in [3.05, 3.63) is 52.5 Å². The van der Waals surface area contributed by atoms with Crippen LogP contribution in [0.5, 0.6) is 0 Å². The van der Waals surface area contributed by atoms with E-state index in [9.17, 15) is 17.2 Å². The van der Waals surface area contributed by atoms with Gasteiger partial charge in [-0.15, -0.1) is 0 Å². The Morgan fingerprint density at radius 3 is 2.64 bits per heavy atom. The van der Waals surface area contributed by atoms with Crippen LogP contribution < -0.4 is 4.72 Å². The van der Waals surface area contributed by atoms with Gasteiger partial charge in [0, 0.05) is 10.5 Å². The number of hydrogen-bond acceptors (Lipinski definition) is 4. The van der Waals surface area contributed by atoms with Crippen LogP contribution in [-0.2, 0) is 10.0 Å². The molecule has 0 atom stereocenters. The predicted octanol–water partition coefficient (Wildman–Crippen LogP) is 4.14. The van der Waals surface area contributed by atoms with Gasteiger partial charge in [0.25, 0.3) is 10.0 Å². The number of nitrogens with one attached hydrogen (secondary N) is 1. The van der Waals surface area contributed by atoms with E-state index in [4.69, 9.17) is 0 Å². The molecule has 0 saturated heterocycles. The van der Waals surface area contributed by atoms with E-state index in [-0.39, 0.29) is 5.13 Å². The summed E-state index contributed by atoms with van der Waals surface area (Å²) >= 11 is 4.43.